The molecule has 0 amide bonds. The number of aliphatic hydroxyl groups is 1. The molecule has 1 fully saturated rings. The summed E-state index contributed by atoms with van der Waals surface area (Å²) in [6.07, 6.45) is 3.64. The van der Waals surface area contributed by atoms with E-state index >= 15 is 0 Å². The third-order valence-corrected chi connectivity index (χ3v) is 3.63. The molecule has 0 aromatic carbocycles. The van der Waals surface area contributed by atoms with Crippen molar-refractivity contribution in [2.24, 2.45) is 0 Å². The maximum Gasteiger partial charge on any atom is 0.322 e. The van der Waals surface area contributed by atoms with Gasteiger partial charge < -0.3 is 20.1 Å². The van der Waals surface area contributed by atoms with E-state index in [2.05, 4.69) is 20.3 Å². The minimum Gasteiger partial charge on any atom is -0.467 e. The van der Waals surface area contributed by atoms with Gasteiger partial charge in [0, 0.05) is 13.6 Å². The highest BCUT2D eigenvalue weighted by molar-refractivity contribution is 5.39. The van der Waals surface area contributed by atoms with Gasteiger partial charge in [-0.25, -0.2) is 0 Å². The Bertz CT molecular complexity index is 443. The Balaban J connectivity index is 2.23. The van der Waals surface area contributed by atoms with Crippen molar-refractivity contribution in [1.82, 2.24) is 15.0 Å². The molecule has 2 rings (SSSR count). The summed E-state index contributed by atoms with van der Waals surface area (Å²) < 4.78 is 5.11. The Hall–Kier alpha value is -1.63. The number of ether oxygens (including phenoxy) is 1. The predicted molar refractivity (Wildman–Crippen MR) is 77.2 cm³/mol. The fourth-order valence-corrected chi connectivity index (χ4v) is 2.52. The predicted octanol–water partition coefficient (Wildman–Crippen LogP) is 1.05. The lowest BCUT2D eigenvalue weighted by molar-refractivity contribution is 0.105. The number of anilines is 2. The Kier molecular flexibility index (Phi) is 4.94. The van der Waals surface area contributed by atoms with Gasteiger partial charge in [0.05, 0.1) is 19.3 Å². The second kappa shape index (κ2) is 6.69. The van der Waals surface area contributed by atoms with Crippen molar-refractivity contribution in [1.29, 1.82) is 0 Å². The first kappa shape index (κ1) is 14.8. The maximum atomic E-state index is 10.1. The van der Waals surface area contributed by atoms with E-state index in [-0.39, 0.29) is 18.2 Å². The highest BCUT2D eigenvalue weighted by Gasteiger charge is 2.28. The lowest BCUT2D eigenvalue weighted by Crippen LogP contribution is -2.44. The fourth-order valence-electron chi connectivity index (χ4n) is 2.52. The summed E-state index contributed by atoms with van der Waals surface area (Å²) in [6.45, 7) is 2.70. The Morgan fingerprint density at radius 1 is 1.30 bits per heavy atom. The van der Waals surface area contributed by atoms with Crippen molar-refractivity contribution in [2.75, 3.05) is 30.9 Å². The molecule has 0 aliphatic heterocycles. The van der Waals surface area contributed by atoms with Crippen LogP contribution in [-0.4, -0.2) is 52.9 Å². The second-order valence-electron chi connectivity index (χ2n) is 5.01. The van der Waals surface area contributed by atoms with E-state index < -0.39 is 0 Å². The molecule has 2 N–H and O–H groups in total. The summed E-state index contributed by atoms with van der Waals surface area (Å²) in [5.74, 6) is 1.02. The van der Waals surface area contributed by atoms with Gasteiger partial charge >= 0.3 is 6.01 Å². The summed E-state index contributed by atoms with van der Waals surface area (Å²) in [5.41, 5.74) is 0. The molecule has 2 atom stereocenters. The lowest BCUT2D eigenvalue weighted by atomic mass is 9.92. The smallest absolute Gasteiger partial charge is 0.322 e. The Labute approximate surface area is 119 Å². The molecule has 112 valence electrons. The zero-order valence-electron chi connectivity index (χ0n) is 12.3. The zero-order chi connectivity index (χ0) is 14.5. The molecule has 2 unspecified atom stereocenters. The van der Waals surface area contributed by atoms with Gasteiger partial charge in [0.15, 0.2) is 0 Å². The van der Waals surface area contributed by atoms with E-state index in [1.807, 2.05) is 18.9 Å². The van der Waals surface area contributed by atoms with Crippen LogP contribution in [0.5, 0.6) is 6.01 Å². The minimum atomic E-state index is -0.334. The Morgan fingerprint density at radius 2 is 2.05 bits per heavy atom. The average molecular weight is 281 g/mol. The topological polar surface area (TPSA) is 83.4 Å². The van der Waals surface area contributed by atoms with E-state index in [1.54, 1.807) is 0 Å². The molecule has 0 radical (unpaired) electrons. The van der Waals surface area contributed by atoms with Gasteiger partial charge in [-0.2, -0.15) is 15.0 Å². The molecule has 0 saturated heterocycles. The molecule has 1 heterocycles. The normalized spacial score (nSPS) is 22.4. The van der Waals surface area contributed by atoms with Gasteiger partial charge in [-0.3, -0.25) is 0 Å². The average Bonchev–Trinajstić information content (AvgIpc) is 2.47. The maximum absolute atomic E-state index is 10.1. The number of aromatic nitrogens is 3. The number of likely N-dealkylation sites (N-methyl/N-ethyl adjacent to an activating group) is 1. The minimum absolute atomic E-state index is 0.0466. The highest BCUT2D eigenvalue weighted by atomic mass is 16.5. The molecule has 1 saturated carbocycles. The molecule has 0 bridgehead atoms. The molecule has 1 aromatic heterocycles. The molecule has 0 spiro atoms. The van der Waals surface area contributed by atoms with Gasteiger partial charge in [0.25, 0.3) is 0 Å². The van der Waals surface area contributed by atoms with Gasteiger partial charge in [-0.1, -0.05) is 12.8 Å². The summed E-state index contributed by atoms with van der Waals surface area (Å²) in [7, 11) is 3.44. The summed E-state index contributed by atoms with van der Waals surface area (Å²) in [4.78, 5) is 14.7. The second-order valence-corrected chi connectivity index (χ2v) is 5.01. The van der Waals surface area contributed by atoms with Gasteiger partial charge in [0.1, 0.15) is 0 Å². The van der Waals surface area contributed by atoms with Crippen LogP contribution >= 0.6 is 0 Å². The molecule has 7 nitrogen and oxygen atoms in total. The van der Waals surface area contributed by atoms with Crippen molar-refractivity contribution in [3.8, 4) is 6.01 Å². The molecule has 1 aliphatic rings. The highest BCUT2D eigenvalue weighted by Crippen LogP contribution is 2.25. The third-order valence-electron chi connectivity index (χ3n) is 3.63. The van der Waals surface area contributed by atoms with Crippen LogP contribution in [0.25, 0.3) is 0 Å². The van der Waals surface area contributed by atoms with E-state index in [9.17, 15) is 5.11 Å². The van der Waals surface area contributed by atoms with E-state index in [0.717, 1.165) is 32.2 Å². The molecular weight excluding hydrogens is 258 g/mol. The molecule has 20 heavy (non-hydrogen) atoms. The first-order valence-corrected chi connectivity index (χ1v) is 7.10. The summed E-state index contributed by atoms with van der Waals surface area (Å²) >= 11 is 0. The first-order valence-electron chi connectivity index (χ1n) is 7.10. The van der Waals surface area contributed by atoms with Crippen LogP contribution in [0.1, 0.15) is 32.6 Å². The number of rotatable bonds is 5. The van der Waals surface area contributed by atoms with Crippen LogP contribution < -0.4 is 15.0 Å². The number of methoxy groups -OCH3 is 1. The van der Waals surface area contributed by atoms with E-state index in [0.29, 0.717) is 11.9 Å². The van der Waals surface area contributed by atoms with Crippen molar-refractivity contribution >= 4 is 11.9 Å². The molecule has 1 aromatic rings. The van der Waals surface area contributed by atoms with Crippen LogP contribution in [0.4, 0.5) is 11.9 Å². The quantitative estimate of drug-likeness (QED) is 0.834. The summed E-state index contributed by atoms with van der Waals surface area (Å²) in [5, 5.41) is 13.2. The molecular formula is C13H23N5O2. The fraction of sp³-hybridized carbons (Fsp3) is 0.769. The van der Waals surface area contributed by atoms with Crippen LogP contribution in [0.3, 0.4) is 0 Å². The van der Waals surface area contributed by atoms with E-state index in [1.165, 1.54) is 7.11 Å². The SMILES string of the molecule is CCNc1nc(OC)nc(N(C)C2CCCCC2O)n1. The van der Waals surface area contributed by atoms with Gasteiger partial charge in [0.2, 0.25) is 11.9 Å². The van der Waals surface area contributed by atoms with Crippen molar-refractivity contribution in [3.05, 3.63) is 0 Å². The van der Waals surface area contributed by atoms with Crippen LogP contribution in [0.2, 0.25) is 0 Å². The van der Waals surface area contributed by atoms with Crippen LogP contribution in [0, 0.1) is 0 Å². The Morgan fingerprint density at radius 3 is 2.70 bits per heavy atom. The van der Waals surface area contributed by atoms with Gasteiger partial charge in [-0.15, -0.1) is 0 Å². The van der Waals surface area contributed by atoms with Crippen molar-refractivity contribution in [3.63, 3.8) is 0 Å². The van der Waals surface area contributed by atoms with Gasteiger partial charge in [-0.05, 0) is 19.8 Å². The standard InChI is InChI=1S/C13H23N5O2/c1-4-14-11-15-12(17-13(16-11)20-3)18(2)9-7-5-6-8-10(9)19/h9-10,19H,4-8H2,1-3H3,(H,14,15,16,17). The van der Waals surface area contributed by atoms with Crippen LogP contribution in [-0.2, 0) is 0 Å². The van der Waals surface area contributed by atoms with Crippen molar-refractivity contribution < 1.29 is 9.84 Å². The van der Waals surface area contributed by atoms with E-state index in [4.69, 9.17) is 4.74 Å². The molecule has 1 aliphatic carbocycles. The molecule has 7 heteroatoms. The number of hydrogen-bond acceptors (Lipinski definition) is 7. The first-order chi connectivity index (χ1) is 9.65. The zero-order valence-corrected chi connectivity index (χ0v) is 12.3. The third kappa shape index (κ3) is 3.27. The summed E-state index contributed by atoms with van der Waals surface area (Å²) in [6, 6.07) is 0.327. The largest absolute Gasteiger partial charge is 0.467 e. The number of nitrogens with one attached hydrogen (secondary N) is 1. The van der Waals surface area contributed by atoms with Crippen LogP contribution in [0.15, 0.2) is 0 Å². The van der Waals surface area contributed by atoms with Crippen molar-refractivity contribution in [2.45, 2.75) is 44.8 Å². The monoisotopic (exact) mass is 281 g/mol. The number of nitrogens with zero attached hydrogens (tertiary/aromatic N) is 4. The lowest BCUT2D eigenvalue weighted by Gasteiger charge is -2.35. The number of aliphatic hydroxyl groups excluding tert-OH is 1. The number of hydrogen-bond donors (Lipinski definition) is 2.